The van der Waals surface area contributed by atoms with Crippen molar-refractivity contribution < 1.29 is 19.1 Å². The lowest BCUT2D eigenvalue weighted by atomic mass is 9.62. The molecule has 67 heavy (non-hydrogen) atoms. The van der Waals surface area contributed by atoms with E-state index in [1.807, 2.05) is 13.8 Å². The summed E-state index contributed by atoms with van der Waals surface area (Å²) in [5.41, 5.74) is 15.5. The van der Waals surface area contributed by atoms with Gasteiger partial charge in [-0.1, -0.05) is 193 Å². The van der Waals surface area contributed by atoms with Gasteiger partial charge < -0.3 is 9.47 Å². The predicted molar refractivity (Wildman–Crippen MR) is 291 cm³/mol. The van der Waals surface area contributed by atoms with Crippen LogP contribution in [0.4, 0.5) is 0 Å². The Hall–Kier alpha value is -3.66. The number of esters is 2. The molecule has 3 aromatic rings. The van der Waals surface area contributed by atoms with Gasteiger partial charge in [0, 0.05) is 10.8 Å². The minimum atomic E-state index is -0.0427. The fourth-order valence-electron chi connectivity index (χ4n) is 11.3. The highest BCUT2D eigenvalue weighted by atomic mass is 16.5. The SMILES string of the molecule is C.C.C.C.C=C(C)c1ccc2c(c1)C(C)(C)CCC2(C)C.CCOC(=O)C1CC1(C)c1ccc2c(c1)C(C)(C)CCC2(C)C.CCOC(=O)C1CC1(C)c1ccc2c(c1)C(C)(C)CCC2(C)C. The van der Waals surface area contributed by atoms with E-state index in [-0.39, 0.29) is 86.0 Å². The number of hydrogen-bond acceptors (Lipinski definition) is 4. The van der Waals surface area contributed by atoms with Crippen LogP contribution in [0, 0.1) is 11.8 Å². The number of benzene rings is 3. The number of allylic oxidation sites excluding steroid dienone is 1. The molecule has 5 aliphatic rings. The largest absolute Gasteiger partial charge is 0.466 e. The van der Waals surface area contributed by atoms with Crippen molar-refractivity contribution in [3.05, 3.63) is 111 Å². The third kappa shape index (κ3) is 11.5. The first-order valence-corrected chi connectivity index (χ1v) is 24.4. The van der Waals surface area contributed by atoms with Gasteiger partial charge in [-0.05, 0) is 155 Å². The van der Waals surface area contributed by atoms with Crippen molar-refractivity contribution in [2.45, 2.75) is 242 Å². The number of carbonyl (C=O) groups is 2. The maximum absolute atomic E-state index is 12.1. The first-order chi connectivity index (χ1) is 29.0. The van der Waals surface area contributed by atoms with Crippen molar-refractivity contribution in [1.29, 1.82) is 0 Å². The van der Waals surface area contributed by atoms with Gasteiger partial charge in [0.2, 0.25) is 0 Å². The van der Waals surface area contributed by atoms with Crippen molar-refractivity contribution in [1.82, 2.24) is 0 Å². The van der Waals surface area contributed by atoms with E-state index < -0.39 is 0 Å². The number of fused-ring (bicyclic) bond motifs is 3. The van der Waals surface area contributed by atoms with Crippen LogP contribution >= 0.6 is 0 Å². The number of carbonyl (C=O) groups excluding carboxylic acids is 2. The van der Waals surface area contributed by atoms with Crippen LogP contribution in [0.1, 0.15) is 249 Å². The zero-order valence-corrected chi connectivity index (χ0v) is 42.8. The Morgan fingerprint density at radius 3 is 1.01 bits per heavy atom. The molecule has 8 rings (SSSR count). The van der Waals surface area contributed by atoms with Crippen LogP contribution in [0.25, 0.3) is 5.57 Å². The predicted octanol–water partition coefficient (Wildman–Crippen LogP) is 17.4. The van der Waals surface area contributed by atoms with Crippen LogP contribution in [0.2, 0.25) is 0 Å². The molecule has 2 fully saturated rings. The van der Waals surface area contributed by atoms with Crippen LogP contribution in [-0.2, 0) is 62.4 Å². The van der Waals surface area contributed by atoms with E-state index in [0.717, 1.165) is 18.4 Å². The van der Waals surface area contributed by atoms with Crippen LogP contribution in [-0.4, -0.2) is 25.2 Å². The van der Waals surface area contributed by atoms with Crippen molar-refractivity contribution in [3.63, 3.8) is 0 Å². The lowest BCUT2D eigenvalue weighted by Crippen LogP contribution is -2.34. The third-order valence-corrected chi connectivity index (χ3v) is 17.0. The highest BCUT2D eigenvalue weighted by molar-refractivity contribution is 5.80. The van der Waals surface area contributed by atoms with Gasteiger partial charge in [0.05, 0.1) is 25.0 Å². The Morgan fingerprint density at radius 2 is 0.731 bits per heavy atom. The van der Waals surface area contributed by atoms with Gasteiger partial charge in [0.1, 0.15) is 0 Å². The summed E-state index contributed by atoms with van der Waals surface area (Å²) >= 11 is 0. The summed E-state index contributed by atoms with van der Waals surface area (Å²) in [7, 11) is 0. The molecule has 0 amide bonds. The summed E-state index contributed by atoms with van der Waals surface area (Å²) < 4.78 is 10.5. The molecule has 0 N–H and O–H groups in total. The summed E-state index contributed by atoms with van der Waals surface area (Å²) in [5, 5.41) is 0. The highest BCUT2D eigenvalue weighted by Crippen LogP contribution is 2.58. The van der Waals surface area contributed by atoms with Crippen molar-refractivity contribution >= 4 is 17.5 Å². The van der Waals surface area contributed by atoms with E-state index in [1.54, 1.807) is 0 Å². The van der Waals surface area contributed by atoms with Crippen LogP contribution in [0.15, 0.2) is 61.2 Å². The average molecular weight is 921 g/mol. The first-order valence-electron chi connectivity index (χ1n) is 24.4. The number of rotatable bonds is 7. The molecule has 0 spiro atoms. The fraction of sp³-hybridized carbons (Fsp3) is 0.651. The average Bonchev–Trinajstić information content (AvgIpc) is 4.12. The molecule has 2 saturated carbocycles. The molecule has 4 unspecified atom stereocenters. The Morgan fingerprint density at radius 1 is 0.463 bits per heavy atom. The molecule has 0 saturated heterocycles. The molecule has 0 bridgehead atoms. The van der Waals surface area contributed by atoms with Gasteiger partial charge in [-0.15, -0.1) is 0 Å². The normalized spacial score (nSPS) is 26.2. The molecular weight excluding hydrogens is 821 g/mol. The van der Waals surface area contributed by atoms with Gasteiger partial charge in [0.15, 0.2) is 0 Å². The summed E-state index contributed by atoms with van der Waals surface area (Å²) in [6, 6.07) is 20.8. The Balaban J connectivity index is 0.000000339. The maximum atomic E-state index is 12.1. The van der Waals surface area contributed by atoms with E-state index in [4.69, 9.17) is 9.47 Å². The first kappa shape index (κ1) is 59.5. The molecule has 0 heterocycles. The van der Waals surface area contributed by atoms with E-state index in [0.29, 0.717) is 24.0 Å². The Bertz CT molecular complexity index is 2130. The zero-order valence-electron chi connectivity index (χ0n) is 42.8. The van der Waals surface area contributed by atoms with Crippen LogP contribution in [0.5, 0.6) is 0 Å². The van der Waals surface area contributed by atoms with E-state index in [1.165, 1.54) is 88.6 Å². The highest BCUT2D eigenvalue weighted by Gasteiger charge is 2.58. The molecular formula is C63H100O4. The maximum Gasteiger partial charge on any atom is 0.309 e. The number of hydrogen-bond donors (Lipinski definition) is 0. The topological polar surface area (TPSA) is 52.6 Å². The lowest BCUT2D eigenvalue weighted by Gasteiger charge is -2.42. The van der Waals surface area contributed by atoms with Crippen LogP contribution < -0.4 is 0 Å². The third-order valence-electron chi connectivity index (χ3n) is 17.0. The molecule has 5 aliphatic carbocycles. The van der Waals surface area contributed by atoms with Crippen molar-refractivity contribution in [2.24, 2.45) is 11.8 Å². The van der Waals surface area contributed by atoms with Gasteiger partial charge in [-0.25, -0.2) is 0 Å². The fourth-order valence-corrected chi connectivity index (χ4v) is 11.3. The summed E-state index contributed by atoms with van der Waals surface area (Å²) in [6.07, 6.45) is 9.27. The molecule has 0 aliphatic heterocycles. The Kier molecular flexibility index (Phi) is 18.1. The van der Waals surface area contributed by atoms with Crippen molar-refractivity contribution in [3.8, 4) is 0 Å². The molecule has 4 atom stereocenters. The summed E-state index contributed by atoms with van der Waals surface area (Å²) in [4.78, 5) is 24.2. The minimum absolute atomic E-state index is 0. The monoisotopic (exact) mass is 921 g/mol. The number of ether oxygens (including phenoxy) is 2. The molecule has 0 radical (unpaired) electrons. The standard InChI is InChI=1S/2C21H30O2.C17H24.4CH4/c2*1-7-23-18(22)17-13-21(17,6)14-8-9-15-16(12-14)20(4,5)11-10-19(15,2)3;1-12(2)13-7-8-14-15(11-13)17(5,6)10-9-16(14,3)4;;;;/h2*8-9,12,17H,7,10-11,13H2,1-6H3;7-8,11H,1,9-10H2,2-6H3;4*1H4. The summed E-state index contributed by atoms with van der Waals surface area (Å²) in [6.45, 7) is 43.5. The molecule has 4 nitrogen and oxygen atoms in total. The van der Waals surface area contributed by atoms with E-state index in [9.17, 15) is 9.59 Å². The molecule has 376 valence electrons. The van der Waals surface area contributed by atoms with Gasteiger partial charge in [0.25, 0.3) is 0 Å². The Labute approximate surface area is 413 Å². The molecule has 0 aromatic heterocycles. The lowest BCUT2D eigenvalue weighted by molar-refractivity contribution is -0.146. The molecule has 4 heteroatoms. The van der Waals surface area contributed by atoms with E-state index in [2.05, 4.69) is 165 Å². The van der Waals surface area contributed by atoms with Crippen LogP contribution in [0.3, 0.4) is 0 Å². The smallest absolute Gasteiger partial charge is 0.309 e. The van der Waals surface area contributed by atoms with Gasteiger partial charge in [-0.3, -0.25) is 9.59 Å². The second-order valence-electron chi connectivity index (χ2n) is 24.7. The van der Waals surface area contributed by atoms with E-state index >= 15 is 0 Å². The van der Waals surface area contributed by atoms with Gasteiger partial charge in [-0.2, -0.15) is 0 Å². The molecule has 3 aromatic carbocycles. The second-order valence-corrected chi connectivity index (χ2v) is 24.7. The quantitative estimate of drug-likeness (QED) is 0.222. The van der Waals surface area contributed by atoms with Gasteiger partial charge >= 0.3 is 11.9 Å². The zero-order chi connectivity index (χ0) is 46.9. The summed E-state index contributed by atoms with van der Waals surface area (Å²) in [5.74, 6) is -0.0138. The minimum Gasteiger partial charge on any atom is -0.466 e. The van der Waals surface area contributed by atoms with Crippen molar-refractivity contribution in [2.75, 3.05) is 13.2 Å². The second kappa shape index (κ2) is 20.4.